The lowest BCUT2D eigenvalue weighted by atomic mass is 10.2. The first-order valence-corrected chi connectivity index (χ1v) is 8.14. The van der Waals surface area contributed by atoms with Crippen molar-refractivity contribution in [1.29, 1.82) is 0 Å². The molecule has 1 amide bonds. The number of benzene rings is 2. The van der Waals surface area contributed by atoms with Crippen LogP contribution in [0.3, 0.4) is 0 Å². The molecule has 3 rings (SSSR count). The summed E-state index contributed by atoms with van der Waals surface area (Å²) in [6.45, 7) is 3.90. The Bertz CT molecular complexity index is 917. The predicted molar refractivity (Wildman–Crippen MR) is 99.0 cm³/mol. The normalized spacial score (nSPS) is 10.6. The van der Waals surface area contributed by atoms with E-state index in [0.29, 0.717) is 22.2 Å². The summed E-state index contributed by atoms with van der Waals surface area (Å²) in [6, 6.07) is 14.6. The van der Waals surface area contributed by atoms with Crippen LogP contribution in [0.1, 0.15) is 21.6 Å². The minimum absolute atomic E-state index is 0.312. The number of carbonyl (C=O) groups is 1. The van der Waals surface area contributed by atoms with Gasteiger partial charge < -0.3 is 10.1 Å². The highest BCUT2D eigenvalue weighted by Gasteiger charge is 2.16. The van der Waals surface area contributed by atoms with Crippen LogP contribution >= 0.6 is 11.6 Å². The van der Waals surface area contributed by atoms with E-state index in [1.54, 1.807) is 22.9 Å². The maximum absolute atomic E-state index is 12.7. The number of hydrogen-bond donors (Lipinski definition) is 1. The highest BCUT2D eigenvalue weighted by molar-refractivity contribution is 6.31. The summed E-state index contributed by atoms with van der Waals surface area (Å²) in [5.74, 6) is 0.723. The number of aryl methyl sites for hydroxylation is 2. The topological polar surface area (TPSA) is 56.1 Å². The summed E-state index contributed by atoms with van der Waals surface area (Å²) in [4.78, 5) is 12.7. The molecule has 0 aliphatic rings. The minimum atomic E-state index is -0.312. The maximum Gasteiger partial charge on any atom is 0.260 e. The van der Waals surface area contributed by atoms with Crippen molar-refractivity contribution in [3.8, 4) is 11.4 Å². The van der Waals surface area contributed by atoms with Crippen LogP contribution in [0.5, 0.6) is 5.75 Å². The Labute approximate surface area is 151 Å². The Morgan fingerprint density at radius 1 is 1.12 bits per heavy atom. The van der Waals surface area contributed by atoms with Crippen molar-refractivity contribution in [1.82, 2.24) is 9.78 Å². The quantitative estimate of drug-likeness (QED) is 0.754. The molecule has 0 saturated carbocycles. The van der Waals surface area contributed by atoms with Gasteiger partial charge in [0, 0.05) is 11.1 Å². The molecule has 2 aromatic carbocycles. The summed E-state index contributed by atoms with van der Waals surface area (Å²) in [6.07, 6.45) is 0. The van der Waals surface area contributed by atoms with Crippen LogP contribution in [-0.4, -0.2) is 22.8 Å². The fourth-order valence-corrected chi connectivity index (χ4v) is 2.68. The first kappa shape index (κ1) is 17.0. The van der Waals surface area contributed by atoms with E-state index in [9.17, 15) is 4.79 Å². The lowest BCUT2D eigenvalue weighted by molar-refractivity contribution is 0.102. The second-order valence-electron chi connectivity index (χ2n) is 5.72. The molecular formula is C19H18ClN3O2. The van der Waals surface area contributed by atoms with Gasteiger partial charge in [-0.25, -0.2) is 4.68 Å². The molecule has 0 saturated heterocycles. The molecule has 6 heteroatoms. The molecule has 0 spiro atoms. The van der Waals surface area contributed by atoms with E-state index >= 15 is 0 Å². The summed E-state index contributed by atoms with van der Waals surface area (Å²) in [5.41, 5.74) is 3.19. The standard InChI is InChI=1S/C19H18ClN3O2/c1-12-4-7-15(8-5-12)23-18(10-13(2)22-23)21-19(24)16-11-14(20)6-9-17(16)25-3/h4-11H,1-3H3,(H,21,24). The van der Waals surface area contributed by atoms with Crippen molar-refractivity contribution >= 4 is 23.3 Å². The number of nitrogens with one attached hydrogen (secondary N) is 1. The second kappa shape index (κ2) is 6.99. The zero-order valence-corrected chi connectivity index (χ0v) is 15.0. The van der Waals surface area contributed by atoms with E-state index in [-0.39, 0.29) is 5.91 Å². The minimum Gasteiger partial charge on any atom is -0.496 e. The van der Waals surface area contributed by atoms with E-state index < -0.39 is 0 Å². The number of carbonyl (C=O) groups excluding carboxylic acids is 1. The molecule has 3 aromatic rings. The smallest absolute Gasteiger partial charge is 0.260 e. The van der Waals surface area contributed by atoms with Crippen LogP contribution in [-0.2, 0) is 0 Å². The van der Waals surface area contributed by atoms with Gasteiger partial charge in [0.25, 0.3) is 5.91 Å². The summed E-state index contributed by atoms with van der Waals surface area (Å²) >= 11 is 6.01. The van der Waals surface area contributed by atoms with E-state index in [1.165, 1.54) is 7.11 Å². The van der Waals surface area contributed by atoms with Gasteiger partial charge in [0.05, 0.1) is 24.1 Å². The highest BCUT2D eigenvalue weighted by Crippen LogP contribution is 2.25. The van der Waals surface area contributed by atoms with Gasteiger partial charge in [0.1, 0.15) is 11.6 Å². The summed E-state index contributed by atoms with van der Waals surface area (Å²) < 4.78 is 6.95. The molecule has 0 atom stereocenters. The van der Waals surface area contributed by atoms with Crippen molar-refractivity contribution in [2.75, 3.05) is 12.4 Å². The average molecular weight is 356 g/mol. The van der Waals surface area contributed by atoms with E-state index in [1.807, 2.05) is 44.2 Å². The number of anilines is 1. The molecule has 0 radical (unpaired) electrons. The molecule has 0 unspecified atom stereocenters. The van der Waals surface area contributed by atoms with E-state index in [4.69, 9.17) is 16.3 Å². The number of nitrogens with zero attached hydrogens (tertiary/aromatic N) is 2. The number of amides is 1. The Hall–Kier alpha value is -2.79. The van der Waals surface area contributed by atoms with Gasteiger partial charge in [-0.2, -0.15) is 5.10 Å². The SMILES string of the molecule is COc1ccc(Cl)cc1C(=O)Nc1cc(C)nn1-c1ccc(C)cc1. The van der Waals surface area contributed by atoms with Crippen LogP contribution in [0.15, 0.2) is 48.5 Å². The second-order valence-corrected chi connectivity index (χ2v) is 6.15. The molecule has 1 heterocycles. The zero-order valence-electron chi connectivity index (χ0n) is 14.2. The monoisotopic (exact) mass is 355 g/mol. The van der Waals surface area contributed by atoms with Gasteiger partial charge in [-0.3, -0.25) is 4.79 Å². The summed E-state index contributed by atoms with van der Waals surface area (Å²) in [7, 11) is 1.51. The lowest BCUT2D eigenvalue weighted by Gasteiger charge is -2.11. The number of halogens is 1. The fraction of sp³-hybridized carbons (Fsp3) is 0.158. The predicted octanol–water partition coefficient (Wildman–Crippen LogP) is 4.40. The van der Waals surface area contributed by atoms with Gasteiger partial charge in [-0.05, 0) is 44.2 Å². The van der Waals surface area contributed by atoms with Crippen molar-refractivity contribution in [2.45, 2.75) is 13.8 Å². The van der Waals surface area contributed by atoms with E-state index in [2.05, 4.69) is 10.4 Å². The molecular weight excluding hydrogens is 338 g/mol. The maximum atomic E-state index is 12.7. The third-order valence-corrected chi connectivity index (χ3v) is 3.99. The Kier molecular flexibility index (Phi) is 4.76. The van der Waals surface area contributed by atoms with Crippen molar-refractivity contribution in [3.63, 3.8) is 0 Å². The van der Waals surface area contributed by atoms with Crippen molar-refractivity contribution in [3.05, 3.63) is 70.4 Å². The number of methoxy groups -OCH3 is 1. The average Bonchev–Trinajstić information content (AvgIpc) is 2.95. The number of ether oxygens (including phenoxy) is 1. The Morgan fingerprint density at radius 2 is 1.84 bits per heavy atom. The molecule has 0 bridgehead atoms. The molecule has 128 valence electrons. The highest BCUT2D eigenvalue weighted by atomic mass is 35.5. The fourth-order valence-electron chi connectivity index (χ4n) is 2.51. The van der Waals surface area contributed by atoms with E-state index in [0.717, 1.165) is 16.9 Å². The first-order valence-electron chi connectivity index (χ1n) is 7.76. The van der Waals surface area contributed by atoms with Gasteiger partial charge in [0.2, 0.25) is 0 Å². The Balaban J connectivity index is 1.95. The largest absolute Gasteiger partial charge is 0.496 e. The van der Waals surface area contributed by atoms with Gasteiger partial charge in [-0.15, -0.1) is 0 Å². The summed E-state index contributed by atoms with van der Waals surface area (Å²) in [5, 5.41) is 7.81. The molecule has 5 nitrogen and oxygen atoms in total. The number of aromatic nitrogens is 2. The lowest BCUT2D eigenvalue weighted by Crippen LogP contribution is -2.16. The third kappa shape index (κ3) is 3.67. The molecule has 0 fully saturated rings. The van der Waals surface area contributed by atoms with Gasteiger partial charge in [-0.1, -0.05) is 29.3 Å². The number of hydrogen-bond acceptors (Lipinski definition) is 3. The van der Waals surface area contributed by atoms with Crippen LogP contribution in [0, 0.1) is 13.8 Å². The first-order chi connectivity index (χ1) is 12.0. The zero-order chi connectivity index (χ0) is 18.0. The van der Waals surface area contributed by atoms with Crippen molar-refractivity contribution < 1.29 is 9.53 Å². The molecule has 0 aliphatic heterocycles. The van der Waals surface area contributed by atoms with Gasteiger partial charge in [0.15, 0.2) is 0 Å². The van der Waals surface area contributed by atoms with Crippen LogP contribution in [0.25, 0.3) is 5.69 Å². The number of rotatable bonds is 4. The van der Waals surface area contributed by atoms with Crippen molar-refractivity contribution in [2.24, 2.45) is 0 Å². The molecule has 25 heavy (non-hydrogen) atoms. The molecule has 0 aliphatic carbocycles. The van der Waals surface area contributed by atoms with Crippen LogP contribution < -0.4 is 10.1 Å². The molecule has 1 aromatic heterocycles. The van der Waals surface area contributed by atoms with Gasteiger partial charge >= 0.3 is 0 Å². The Morgan fingerprint density at radius 3 is 2.52 bits per heavy atom. The van der Waals surface area contributed by atoms with Crippen LogP contribution in [0.4, 0.5) is 5.82 Å². The van der Waals surface area contributed by atoms with Crippen LogP contribution in [0.2, 0.25) is 5.02 Å². The third-order valence-electron chi connectivity index (χ3n) is 3.76. The molecule has 1 N–H and O–H groups in total.